The van der Waals surface area contributed by atoms with Gasteiger partial charge < -0.3 is 0 Å². The third kappa shape index (κ3) is 3.41. The average Bonchev–Trinajstić information content (AvgIpc) is 2.54. The third-order valence-electron chi connectivity index (χ3n) is 3.18. The summed E-state index contributed by atoms with van der Waals surface area (Å²) in [6, 6.07) is 28.4. The molecule has 0 N–H and O–H groups in total. The van der Waals surface area contributed by atoms with E-state index in [0.717, 1.165) is 15.9 Å². The van der Waals surface area contributed by atoms with Crippen molar-refractivity contribution in [2.24, 2.45) is 0 Å². The highest BCUT2D eigenvalue weighted by atomic mass is 32.1. The summed E-state index contributed by atoms with van der Waals surface area (Å²) >= 11 is 4.08. The molecule has 4 rings (SSSR count). The second-order valence-electron chi connectivity index (χ2n) is 4.71. The fourth-order valence-electron chi connectivity index (χ4n) is 2.15. The van der Waals surface area contributed by atoms with Crippen LogP contribution in [0.5, 0.6) is 0 Å². The van der Waals surface area contributed by atoms with Gasteiger partial charge in [-0.1, -0.05) is 54.6 Å². The Morgan fingerprint density at radius 1 is 0.571 bits per heavy atom. The van der Waals surface area contributed by atoms with Gasteiger partial charge in [0.1, 0.15) is 0 Å². The van der Waals surface area contributed by atoms with Crippen LogP contribution in [0.3, 0.4) is 0 Å². The van der Waals surface area contributed by atoms with E-state index >= 15 is 0 Å². The number of aromatic nitrogens is 1. The molecule has 0 spiro atoms. The number of thiol groups is 1. The van der Waals surface area contributed by atoms with Crippen molar-refractivity contribution in [3.8, 4) is 0 Å². The summed E-state index contributed by atoms with van der Waals surface area (Å²) in [7, 11) is 0. The van der Waals surface area contributed by atoms with E-state index in [1.54, 1.807) is 0 Å². The Balaban J connectivity index is 0.000000160. The van der Waals surface area contributed by atoms with Crippen LogP contribution >= 0.6 is 12.6 Å². The van der Waals surface area contributed by atoms with Crippen molar-refractivity contribution in [2.75, 3.05) is 0 Å². The summed E-state index contributed by atoms with van der Waals surface area (Å²) in [6.45, 7) is 0. The minimum absolute atomic E-state index is 1.02. The van der Waals surface area contributed by atoms with Crippen LogP contribution in [-0.2, 0) is 0 Å². The number of benzene rings is 3. The largest absolute Gasteiger partial charge is 0.248 e. The van der Waals surface area contributed by atoms with E-state index in [1.807, 2.05) is 66.7 Å². The molecule has 0 atom stereocenters. The van der Waals surface area contributed by atoms with Crippen LogP contribution in [0.25, 0.3) is 21.8 Å². The van der Waals surface area contributed by atoms with Gasteiger partial charge in [0.15, 0.2) is 0 Å². The quantitative estimate of drug-likeness (QED) is 0.339. The molecule has 4 aromatic rings. The summed E-state index contributed by atoms with van der Waals surface area (Å²) < 4.78 is 0. The summed E-state index contributed by atoms with van der Waals surface area (Å²) in [5.74, 6) is 0. The fourth-order valence-corrected chi connectivity index (χ4v) is 2.32. The Kier molecular flexibility index (Phi) is 4.17. The number of fused-ring (bicyclic) bond motifs is 2. The highest BCUT2D eigenvalue weighted by Crippen LogP contribution is 2.18. The van der Waals surface area contributed by atoms with E-state index in [-0.39, 0.29) is 0 Å². The molecule has 0 fully saturated rings. The van der Waals surface area contributed by atoms with Crippen LogP contribution in [0, 0.1) is 0 Å². The Labute approximate surface area is 129 Å². The molecule has 102 valence electrons. The SMILES string of the molecule is Sc1ccccc1.c1ccc2nc3ccccc3cc2c1. The van der Waals surface area contributed by atoms with Crippen LogP contribution in [0.2, 0.25) is 0 Å². The summed E-state index contributed by atoms with van der Waals surface area (Å²) in [5, 5.41) is 2.40. The maximum Gasteiger partial charge on any atom is 0.0709 e. The van der Waals surface area contributed by atoms with Gasteiger partial charge in [-0.25, -0.2) is 4.98 Å². The molecule has 0 aliphatic rings. The molecular formula is C19H15NS. The highest BCUT2D eigenvalue weighted by molar-refractivity contribution is 7.80. The zero-order chi connectivity index (χ0) is 14.5. The van der Waals surface area contributed by atoms with Crippen molar-refractivity contribution in [3.05, 3.63) is 84.9 Å². The second kappa shape index (κ2) is 6.42. The molecule has 1 nitrogen and oxygen atoms in total. The van der Waals surface area contributed by atoms with Gasteiger partial charge in [0, 0.05) is 15.7 Å². The lowest BCUT2D eigenvalue weighted by atomic mass is 10.1. The molecular weight excluding hydrogens is 274 g/mol. The normalized spacial score (nSPS) is 10.1. The zero-order valence-corrected chi connectivity index (χ0v) is 12.4. The molecule has 0 unspecified atom stereocenters. The number of hydrogen-bond acceptors (Lipinski definition) is 2. The van der Waals surface area contributed by atoms with E-state index < -0.39 is 0 Å². The number of para-hydroxylation sites is 2. The van der Waals surface area contributed by atoms with Gasteiger partial charge in [-0.05, 0) is 30.3 Å². The van der Waals surface area contributed by atoms with Crippen molar-refractivity contribution in [1.29, 1.82) is 0 Å². The predicted octanol–water partition coefficient (Wildman–Crippen LogP) is 5.36. The van der Waals surface area contributed by atoms with Crippen LogP contribution in [0.1, 0.15) is 0 Å². The van der Waals surface area contributed by atoms with E-state index in [1.165, 1.54) is 10.8 Å². The first-order chi connectivity index (χ1) is 10.3. The molecule has 0 saturated carbocycles. The zero-order valence-electron chi connectivity index (χ0n) is 11.5. The molecule has 0 radical (unpaired) electrons. The first-order valence-corrected chi connectivity index (χ1v) is 7.26. The van der Waals surface area contributed by atoms with Gasteiger partial charge in [-0.2, -0.15) is 0 Å². The van der Waals surface area contributed by atoms with Gasteiger partial charge in [-0.3, -0.25) is 0 Å². The van der Waals surface area contributed by atoms with Gasteiger partial charge in [-0.15, -0.1) is 12.6 Å². The van der Waals surface area contributed by atoms with E-state index in [4.69, 9.17) is 0 Å². The van der Waals surface area contributed by atoms with Crippen LogP contribution < -0.4 is 0 Å². The van der Waals surface area contributed by atoms with Gasteiger partial charge in [0.2, 0.25) is 0 Å². The van der Waals surface area contributed by atoms with Crippen LogP contribution in [0.4, 0.5) is 0 Å². The number of pyridine rings is 1. The Morgan fingerprint density at radius 2 is 1.05 bits per heavy atom. The van der Waals surface area contributed by atoms with Gasteiger partial charge >= 0.3 is 0 Å². The molecule has 1 aromatic heterocycles. The van der Waals surface area contributed by atoms with Crippen molar-refractivity contribution in [2.45, 2.75) is 4.90 Å². The van der Waals surface area contributed by atoms with Gasteiger partial charge in [0.25, 0.3) is 0 Å². The number of rotatable bonds is 0. The summed E-state index contributed by atoms with van der Waals surface area (Å²) in [6.07, 6.45) is 0. The van der Waals surface area contributed by atoms with E-state index in [0.29, 0.717) is 0 Å². The lowest BCUT2D eigenvalue weighted by molar-refractivity contribution is 1.48. The molecule has 1 heterocycles. The summed E-state index contributed by atoms with van der Waals surface area (Å²) in [4.78, 5) is 5.59. The molecule has 0 bridgehead atoms. The van der Waals surface area contributed by atoms with Crippen molar-refractivity contribution >= 4 is 34.4 Å². The third-order valence-corrected chi connectivity index (χ3v) is 3.48. The molecule has 0 aliphatic heterocycles. The number of nitrogens with zero attached hydrogens (tertiary/aromatic N) is 1. The molecule has 21 heavy (non-hydrogen) atoms. The molecule has 0 amide bonds. The molecule has 2 heteroatoms. The number of hydrogen-bond donors (Lipinski definition) is 1. The molecule has 0 saturated heterocycles. The van der Waals surface area contributed by atoms with Gasteiger partial charge in [0.05, 0.1) is 11.0 Å². The van der Waals surface area contributed by atoms with Crippen LogP contribution in [0.15, 0.2) is 89.8 Å². The lowest BCUT2D eigenvalue weighted by Gasteiger charge is -1.99. The van der Waals surface area contributed by atoms with E-state index in [9.17, 15) is 0 Å². The topological polar surface area (TPSA) is 12.9 Å². The lowest BCUT2D eigenvalue weighted by Crippen LogP contribution is -1.80. The van der Waals surface area contributed by atoms with Crippen molar-refractivity contribution in [3.63, 3.8) is 0 Å². The first-order valence-electron chi connectivity index (χ1n) is 6.81. The smallest absolute Gasteiger partial charge is 0.0709 e. The Morgan fingerprint density at radius 3 is 1.52 bits per heavy atom. The Bertz CT molecular complexity index is 751. The molecule has 3 aromatic carbocycles. The van der Waals surface area contributed by atoms with Crippen molar-refractivity contribution in [1.82, 2.24) is 4.98 Å². The average molecular weight is 289 g/mol. The maximum atomic E-state index is 4.58. The fraction of sp³-hybridized carbons (Fsp3) is 0. The van der Waals surface area contributed by atoms with E-state index in [2.05, 4.69) is 35.8 Å². The maximum absolute atomic E-state index is 4.58. The minimum atomic E-state index is 1.02. The standard InChI is InChI=1S/C13H9N.C6H6S/c1-3-7-12-10(5-1)9-11-6-2-4-8-13(11)14-12;7-6-4-2-1-3-5-6/h1-9H;1-5,7H. The highest BCUT2D eigenvalue weighted by Gasteiger charge is 1.96. The minimum Gasteiger partial charge on any atom is -0.248 e. The predicted molar refractivity (Wildman–Crippen MR) is 92.9 cm³/mol. The second-order valence-corrected chi connectivity index (χ2v) is 5.23. The first kappa shape index (κ1) is 13.7. The summed E-state index contributed by atoms with van der Waals surface area (Å²) in [5.41, 5.74) is 2.12. The Hall–Kier alpha value is -2.32. The van der Waals surface area contributed by atoms with Crippen LogP contribution in [-0.4, -0.2) is 4.98 Å². The monoisotopic (exact) mass is 289 g/mol. The van der Waals surface area contributed by atoms with Crippen molar-refractivity contribution < 1.29 is 0 Å². The molecule has 0 aliphatic carbocycles.